The first-order chi connectivity index (χ1) is 11.8. The molecule has 2 N–H and O–H groups in total. The van der Waals surface area contributed by atoms with E-state index in [0.29, 0.717) is 18.6 Å². The van der Waals surface area contributed by atoms with Crippen molar-refractivity contribution < 1.29 is 17.6 Å². The highest BCUT2D eigenvalue weighted by atomic mass is 127. The third-order valence-corrected chi connectivity index (χ3v) is 3.59. The summed E-state index contributed by atoms with van der Waals surface area (Å²) in [5.74, 6) is -0.605. The summed E-state index contributed by atoms with van der Waals surface area (Å²) in [5, 5.41) is 5.78. The number of rotatable bonds is 4. The molecule has 0 spiro atoms. The van der Waals surface area contributed by atoms with Gasteiger partial charge in [-0.3, -0.25) is 9.98 Å². The molecule has 0 aliphatic heterocycles. The molecule has 4 nitrogen and oxygen atoms in total. The van der Waals surface area contributed by atoms with Crippen LogP contribution in [0.1, 0.15) is 22.4 Å². The predicted octanol–water partition coefficient (Wildman–Crippen LogP) is 4.03. The number of hydrogen-bond donors (Lipinski definition) is 2. The van der Waals surface area contributed by atoms with Crippen LogP contribution >= 0.6 is 24.0 Å². The lowest BCUT2D eigenvalue weighted by Crippen LogP contribution is -2.37. The Bertz CT molecular complexity index is 763. The number of nitrogens with zero attached hydrogens (tertiary/aromatic N) is 2. The van der Waals surface area contributed by atoms with Gasteiger partial charge in [0.1, 0.15) is 5.82 Å². The van der Waals surface area contributed by atoms with Crippen LogP contribution in [0, 0.1) is 12.7 Å². The molecule has 0 atom stereocenters. The van der Waals surface area contributed by atoms with E-state index in [9.17, 15) is 17.6 Å². The van der Waals surface area contributed by atoms with Gasteiger partial charge < -0.3 is 10.6 Å². The lowest BCUT2D eigenvalue weighted by atomic mass is 10.1. The monoisotopic (exact) mass is 482 g/mol. The van der Waals surface area contributed by atoms with E-state index in [1.54, 1.807) is 6.20 Å². The molecule has 0 amide bonds. The zero-order valence-electron chi connectivity index (χ0n) is 14.2. The van der Waals surface area contributed by atoms with E-state index < -0.39 is 17.6 Å². The van der Waals surface area contributed by atoms with E-state index in [1.165, 1.54) is 7.05 Å². The Morgan fingerprint density at radius 1 is 1.15 bits per heavy atom. The van der Waals surface area contributed by atoms with E-state index in [2.05, 4.69) is 20.6 Å². The largest absolute Gasteiger partial charge is 0.416 e. The molecule has 1 heterocycles. The smallest absolute Gasteiger partial charge is 0.352 e. The normalized spacial score (nSPS) is 11.7. The van der Waals surface area contributed by atoms with Crippen LogP contribution in [0.3, 0.4) is 0 Å². The van der Waals surface area contributed by atoms with Crippen LogP contribution in [-0.2, 0) is 19.3 Å². The van der Waals surface area contributed by atoms with Gasteiger partial charge >= 0.3 is 6.18 Å². The van der Waals surface area contributed by atoms with Gasteiger partial charge in [0.05, 0.1) is 17.8 Å². The van der Waals surface area contributed by atoms with Crippen molar-refractivity contribution in [2.24, 2.45) is 4.99 Å². The summed E-state index contributed by atoms with van der Waals surface area (Å²) in [7, 11) is 1.51. The number of aryl methyl sites for hydroxylation is 1. The number of aromatic nitrogens is 1. The van der Waals surface area contributed by atoms with Crippen molar-refractivity contribution in [3.63, 3.8) is 0 Å². The summed E-state index contributed by atoms with van der Waals surface area (Å²) < 4.78 is 52.1. The highest BCUT2D eigenvalue weighted by molar-refractivity contribution is 14.0. The van der Waals surface area contributed by atoms with Crippen LogP contribution in [-0.4, -0.2) is 18.0 Å². The topological polar surface area (TPSA) is 49.3 Å². The van der Waals surface area contributed by atoms with Gasteiger partial charge in [-0.15, -0.1) is 24.0 Å². The van der Waals surface area contributed by atoms with Crippen molar-refractivity contribution in [2.75, 3.05) is 7.05 Å². The van der Waals surface area contributed by atoms with Crippen LogP contribution in [0.5, 0.6) is 0 Å². The number of nitrogens with one attached hydrogen (secondary N) is 2. The molecule has 0 saturated carbocycles. The fraction of sp³-hybridized carbons (Fsp3) is 0.294. The lowest BCUT2D eigenvalue weighted by molar-refractivity contribution is -0.138. The van der Waals surface area contributed by atoms with Gasteiger partial charge in [-0.2, -0.15) is 13.2 Å². The van der Waals surface area contributed by atoms with Gasteiger partial charge in [-0.25, -0.2) is 4.39 Å². The van der Waals surface area contributed by atoms with Crippen molar-refractivity contribution in [3.05, 3.63) is 64.7 Å². The molecule has 2 aromatic rings. The molecule has 26 heavy (non-hydrogen) atoms. The van der Waals surface area contributed by atoms with Crippen LogP contribution in [0.15, 0.2) is 41.5 Å². The van der Waals surface area contributed by atoms with Crippen molar-refractivity contribution in [1.29, 1.82) is 0 Å². The highest BCUT2D eigenvalue weighted by Crippen LogP contribution is 2.32. The summed E-state index contributed by atoms with van der Waals surface area (Å²) in [4.78, 5) is 8.19. The fourth-order valence-electron chi connectivity index (χ4n) is 2.24. The second kappa shape index (κ2) is 9.70. The average Bonchev–Trinajstić information content (AvgIpc) is 2.56. The maximum absolute atomic E-state index is 13.1. The highest BCUT2D eigenvalue weighted by Gasteiger charge is 2.33. The van der Waals surface area contributed by atoms with Gasteiger partial charge in [-0.05, 0) is 36.2 Å². The second-order valence-electron chi connectivity index (χ2n) is 5.35. The van der Waals surface area contributed by atoms with E-state index in [1.807, 2.05) is 19.1 Å². The van der Waals surface area contributed by atoms with Crippen molar-refractivity contribution >= 4 is 29.9 Å². The molecule has 2 rings (SSSR count). The summed E-state index contributed by atoms with van der Waals surface area (Å²) in [6.45, 7) is 2.15. The van der Waals surface area contributed by atoms with Crippen molar-refractivity contribution in [1.82, 2.24) is 15.6 Å². The van der Waals surface area contributed by atoms with Gasteiger partial charge in [0, 0.05) is 19.8 Å². The molecule has 0 fully saturated rings. The summed E-state index contributed by atoms with van der Waals surface area (Å²) >= 11 is 0. The molecular formula is C17H19F4IN4. The molecule has 1 aromatic carbocycles. The zero-order valence-corrected chi connectivity index (χ0v) is 16.5. The van der Waals surface area contributed by atoms with Crippen LogP contribution in [0.25, 0.3) is 0 Å². The first-order valence-electron chi connectivity index (χ1n) is 7.52. The standard InChI is InChI=1S/C17H18F4N4.HI/c1-11-4-3-7-23-15(11)10-25-16(22-2)24-9-12-5-6-13(18)8-14(12)17(19,20)21;/h3-8H,9-10H2,1-2H3,(H2,22,24,25);1H. The number of alkyl halides is 3. The number of pyridine rings is 1. The van der Waals surface area contributed by atoms with Gasteiger partial charge in [0.15, 0.2) is 5.96 Å². The predicted molar refractivity (Wildman–Crippen MR) is 103 cm³/mol. The Balaban J connectivity index is 0.00000338. The Kier molecular flexibility index (Phi) is 8.25. The van der Waals surface area contributed by atoms with E-state index in [0.717, 1.165) is 23.4 Å². The molecule has 142 valence electrons. The van der Waals surface area contributed by atoms with Gasteiger partial charge in [0.2, 0.25) is 0 Å². The van der Waals surface area contributed by atoms with Gasteiger partial charge in [-0.1, -0.05) is 12.1 Å². The average molecular weight is 482 g/mol. The Morgan fingerprint density at radius 3 is 2.46 bits per heavy atom. The van der Waals surface area contributed by atoms with Crippen molar-refractivity contribution in [3.8, 4) is 0 Å². The first-order valence-corrected chi connectivity index (χ1v) is 7.52. The quantitative estimate of drug-likeness (QED) is 0.300. The minimum atomic E-state index is -4.62. The molecule has 0 radical (unpaired) electrons. The molecule has 0 saturated heterocycles. The van der Waals surface area contributed by atoms with Crippen LogP contribution < -0.4 is 10.6 Å². The fourth-order valence-corrected chi connectivity index (χ4v) is 2.24. The third-order valence-electron chi connectivity index (χ3n) is 3.59. The van der Waals surface area contributed by atoms with E-state index >= 15 is 0 Å². The molecule has 0 aliphatic carbocycles. The van der Waals surface area contributed by atoms with Crippen LogP contribution in [0.4, 0.5) is 17.6 Å². The number of aliphatic imine (C=N–C) groups is 1. The van der Waals surface area contributed by atoms with E-state index in [-0.39, 0.29) is 36.1 Å². The minimum absolute atomic E-state index is 0. The summed E-state index contributed by atoms with van der Waals surface area (Å²) in [5.41, 5.74) is 0.730. The van der Waals surface area contributed by atoms with Crippen molar-refractivity contribution in [2.45, 2.75) is 26.2 Å². The second-order valence-corrected chi connectivity index (χ2v) is 5.35. The maximum atomic E-state index is 13.1. The zero-order chi connectivity index (χ0) is 18.4. The molecule has 1 aromatic heterocycles. The molecule has 0 bridgehead atoms. The number of guanidine groups is 1. The Labute approximate surface area is 166 Å². The molecule has 9 heteroatoms. The minimum Gasteiger partial charge on any atom is -0.352 e. The van der Waals surface area contributed by atoms with E-state index in [4.69, 9.17) is 0 Å². The third kappa shape index (κ3) is 6.11. The first kappa shape index (κ1) is 22.1. The number of benzene rings is 1. The SMILES string of the molecule is CN=C(NCc1ccc(F)cc1C(F)(F)F)NCc1ncccc1C.I. The Morgan fingerprint density at radius 2 is 1.85 bits per heavy atom. The summed E-state index contributed by atoms with van der Waals surface area (Å²) in [6.07, 6.45) is -2.96. The molecule has 0 aliphatic rings. The number of hydrogen-bond acceptors (Lipinski definition) is 2. The van der Waals surface area contributed by atoms with Crippen LogP contribution in [0.2, 0.25) is 0 Å². The summed E-state index contributed by atoms with van der Waals surface area (Å²) in [6, 6.07) is 6.33. The Hall–Kier alpha value is -1.91. The van der Waals surface area contributed by atoms with Gasteiger partial charge in [0.25, 0.3) is 0 Å². The molecular weight excluding hydrogens is 463 g/mol. The maximum Gasteiger partial charge on any atom is 0.416 e. The lowest BCUT2D eigenvalue weighted by Gasteiger charge is -2.16. The molecule has 0 unspecified atom stereocenters. The number of halogens is 5.